The van der Waals surface area contributed by atoms with E-state index in [0.717, 1.165) is 36.8 Å². The second kappa shape index (κ2) is 6.46. The van der Waals surface area contributed by atoms with Gasteiger partial charge in [0, 0.05) is 29.3 Å². The molecule has 3 nitrogen and oxygen atoms in total. The summed E-state index contributed by atoms with van der Waals surface area (Å²) in [4.78, 5) is 2.41. The van der Waals surface area contributed by atoms with Crippen LogP contribution >= 0.6 is 15.9 Å². The van der Waals surface area contributed by atoms with Crippen molar-refractivity contribution in [3.8, 4) is 0 Å². The molecular formula is C16H25BrN2O. The molecule has 1 saturated heterocycles. The van der Waals surface area contributed by atoms with Crippen LogP contribution in [0.25, 0.3) is 0 Å². The summed E-state index contributed by atoms with van der Waals surface area (Å²) >= 11 is 3.57. The summed E-state index contributed by atoms with van der Waals surface area (Å²) in [6, 6.07) is 6.79. The molecule has 112 valence electrons. The van der Waals surface area contributed by atoms with Crippen LogP contribution in [0.1, 0.15) is 44.7 Å². The van der Waals surface area contributed by atoms with E-state index in [-0.39, 0.29) is 0 Å². The minimum atomic E-state index is -0.515. The van der Waals surface area contributed by atoms with Crippen LogP contribution in [0.5, 0.6) is 0 Å². The van der Waals surface area contributed by atoms with E-state index < -0.39 is 5.60 Å². The molecule has 1 aromatic carbocycles. The van der Waals surface area contributed by atoms with Crippen LogP contribution in [0.2, 0.25) is 0 Å². The zero-order valence-electron chi connectivity index (χ0n) is 12.6. The van der Waals surface area contributed by atoms with Gasteiger partial charge in [0.25, 0.3) is 0 Å². The molecular weight excluding hydrogens is 316 g/mol. The SMILES string of the molecule is CNC(C)c1cc(Br)ccc1N1CCCC(C)(O)CC1. The van der Waals surface area contributed by atoms with E-state index in [4.69, 9.17) is 0 Å². The van der Waals surface area contributed by atoms with Gasteiger partial charge in [-0.05, 0) is 63.9 Å². The van der Waals surface area contributed by atoms with Crippen molar-refractivity contribution in [1.29, 1.82) is 0 Å². The van der Waals surface area contributed by atoms with Crippen LogP contribution in [0.3, 0.4) is 0 Å². The van der Waals surface area contributed by atoms with Crippen molar-refractivity contribution < 1.29 is 5.11 Å². The predicted molar refractivity (Wildman–Crippen MR) is 88.3 cm³/mol. The van der Waals surface area contributed by atoms with Gasteiger partial charge in [0.15, 0.2) is 0 Å². The average Bonchev–Trinajstić information content (AvgIpc) is 2.59. The molecule has 0 radical (unpaired) electrons. The molecule has 0 aromatic heterocycles. The van der Waals surface area contributed by atoms with E-state index in [2.05, 4.69) is 51.3 Å². The summed E-state index contributed by atoms with van der Waals surface area (Å²) < 4.78 is 1.11. The summed E-state index contributed by atoms with van der Waals surface area (Å²) in [6.07, 6.45) is 2.75. The van der Waals surface area contributed by atoms with Crippen molar-refractivity contribution in [2.45, 2.75) is 44.8 Å². The number of halogens is 1. The molecule has 2 rings (SSSR count). The lowest BCUT2D eigenvalue weighted by molar-refractivity contribution is 0.0481. The maximum Gasteiger partial charge on any atom is 0.0637 e. The number of aliphatic hydroxyl groups is 1. The van der Waals surface area contributed by atoms with Crippen molar-refractivity contribution in [2.24, 2.45) is 0 Å². The van der Waals surface area contributed by atoms with Gasteiger partial charge in [0.2, 0.25) is 0 Å². The normalized spacial score (nSPS) is 25.4. The number of hydrogen-bond donors (Lipinski definition) is 2. The van der Waals surface area contributed by atoms with Crippen LogP contribution in [-0.2, 0) is 0 Å². The number of anilines is 1. The molecule has 0 aliphatic carbocycles. The smallest absolute Gasteiger partial charge is 0.0637 e. The lowest BCUT2D eigenvalue weighted by Gasteiger charge is -2.28. The molecule has 1 aliphatic heterocycles. The Morgan fingerprint density at radius 2 is 2.10 bits per heavy atom. The molecule has 0 bridgehead atoms. The van der Waals surface area contributed by atoms with E-state index in [1.54, 1.807) is 0 Å². The summed E-state index contributed by atoms with van der Waals surface area (Å²) in [7, 11) is 1.99. The maximum absolute atomic E-state index is 10.2. The summed E-state index contributed by atoms with van der Waals surface area (Å²) in [5, 5.41) is 13.6. The third-order valence-corrected chi connectivity index (χ3v) is 4.79. The summed E-state index contributed by atoms with van der Waals surface area (Å²) in [6.45, 7) is 6.06. The molecule has 1 aliphatic rings. The largest absolute Gasteiger partial charge is 0.390 e. The Morgan fingerprint density at radius 3 is 2.80 bits per heavy atom. The van der Waals surface area contributed by atoms with Crippen molar-refractivity contribution in [1.82, 2.24) is 5.32 Å². The first-order valence-corrected chi connectivity index (χ1v) is 8.16. The molecule has 0 spiro atoms. The first-order valence-electron chi connectivity index (χ1n) is 7.37. The number of hydrogen-bond acceptors (Lipinski definition) is 3. The predicted octanol–water partition coefficient (Wildman–Crippen LogP) is 3.47. The third-order valence-electron chi connectivity index (χ3n) is 4.29. The van der Waals surface area contributed by atoms with Gasteiger partial charge in [-0.25, -0.2) is 0 Å². The second-order valence-electron chi connectivity index (χ2n) is 6.05. The van der Waals surface area contributed by atoms with Gasteiger partial charge in [0.05, 0.1) is 5.60 Å². The first kappa shape index (κ1) is 15.8. The lowest BCUT2D eigenvalue weighted by atomic mass is 9.98. The highest BCUT2D eigenvalue weighted by atomic mass is 79.9. The van der Waals surface area contributed by atoms with Gasteiger partial charge in [0.1, 0.15) is 0 Å². The molecule has 1 aromatic rings. The number of rotatable bonds is 3. The van der Waals surface area contributed by atoms with Crippen molar-refractivity contribution in [3.05, 3.63) is 28.2 Å². The van der Waals surface area contributed by atoms with E-state index in [1.807, 2.05) is 14.0 Å². The van der Waals surface area contributed by atoms with E-state index in [0.29, 0.717) is 6.04 Å². The Hall–Kier alpha value is -0.580. The minimum Gasteiger partial charge on any atom is -0.390 e. The zero-order chi connectivity index (χ0) is 14.8. The third kappa shape index (κ3) is 3.74. The summed E-state index contributed by atoms with van der Waals surface area (Å²) in [5.74, 6) is 0. The minimum absolute atomic E-state index is 0.311. The van der Waals surface area contributed by atoms with Gasteiger partial charge >= 0.3 is 0 Å². The Balaban J connectivity index is 2.27. The molecule has 0 saturated carbocycles. The zero-order valence-corrected chi connectivity index (χ0v) is 14.2. The van der Waals surface area contributed by atoms with Crippen LogP contribution in [0, 0.1) is 0 Å². The fourth-order valence-corrected chi connectivity index (χ4v) is 3.20. The Morgan fingerprint density at radius 1 is 1.35 bits per heavy atom. The van der Waals surface area contributed by atoms with Crippen LogP contribution in [-0.4, -0.2) is 30.8 Å². The van der Waals surface area contributed by atoms with Gasteiger partial charge in [-0.2, -0.15) is 0 Å². The Kier molecular flexibility index (Phi) is 5.10. The quantitative estimate of drug-likeness (QED) is 0.884. The molecule has 2 N–H and O–H groups in total. The number of benzene rings is 1. The molecule has 20 heavy (non-hydrogen) atoms. The highest BCUT2D eigenvalue weighted by molar-refractivity contribution is 9.10. The monoisotopic (exact) mass is 340 g/mol. The van der Waals surface area contributed by atoms with Crippen molar-refractivity contribution in [3.63, 3.8) is 0 Å². The maximum atomic E-state index is 10.2. The number of nitrogens with zero attached hydrogens (tertiary/aromatic N) is 1. The fourth-order valence-electron chi connectivity index (χ4n) is 2.82. The highest BCUT2D eigenvalue weighted by Gasteiger charge is 2.26. The molecule has 4 heteroatoms. The lowest BCUT2D eigenvalue weighted by Crippen LogP contribution is -2.29. The van der Waals surface area contributed by atoms with Crippen LogP contribution < -0.4 is 10.2 Å². The Bertz CT molecular complexity index is 462. The molecule has 2 unspecified atom stereocenters. The van der Waals surface area contributed by atoms with Crippen LogP contribution in [0.4, 0.5) is 5.69 Å². The number of nitrogens with one attached hydrogen (secondary N) is 1. The molecule has 1 fully saturated rings. The average molecular weight is 341 g/mol. The van der Waals surface area contributed by atoms with Gasteiger partial charge < -0.3 is 15.3 Å². The standard InChI is InChI=1S/C16H25BrN2O/c1-12(18-3)14-11-13(17)5-6-15(14)19-9-4-7-16(2,20)8-10-19/h5-6,11-12,18,20H,4,7-10H2,1-3H3. The van der Waals surface area contributed by atoms with Crippen molar-refractivity contribution in [2.75, 3.05) is 25.0 Å². The van der Waals surface area contributed by atoms with Crippen molar-refractivity contribution >= 4 is 21.6 Å². The first-order chi connectivity index (χ1) is 9.43. The van der Waals surface area contributed by atoms with Gasteiger partial charge in [-0.1, -0.05) is 15.9 Å². The topological polar surface area (TPSA) is 35.5 Å². The van der Waals surface area contributed by atoms with E-state index in [1.165, 1.54) is 11.3 Å². The van der Waals surface area contributed by atoms with Gasteiger partial charge in [-0.3, -0.25) is 0 Å². The Labute approximate surface area is 130 Å². The highest BCUT2D eigenvalue weighted by Crippen LogP contribution is 2.32. The summed E-state index contributed by atoms with van der Waals surface area (Å²) in [5.41, 5.74) is 2.08. The molecule has 0 amide bonds. The van der Waals surface area contributed by atoms with E-state index >= 15 is 0 Å². The van der Waals surface area contributed by atoms with Gasteiger partial charge in [-0.15, -0.1) is 0 Å². The molecule has 2 atom stereocenters. The molecule has 1 heterocycles. The fraction of sp³-hybridized carbons (Fsp3) is 0.625. The van der Waals surface area contributed by atoms with E-state index in [9.17, 15) is 5.11 Å². The second-order valence-corrected chi connectivity index (χ2v) is 6.97. The van der Waals surface area contributed by atoms with Crippen LogP contribution in [0.15, 0.2) is 22.7 Å².